The van der Waals surface area contributed by atoms with Gasteiger partial charge in [0.15, 0.2) is 0 Å². The highest BCUT2D eigenvalue weighted by Gasteiger charge is 2.33. The molecule has 19 heteroatoms. The molecule has 5 aromatic rings. The molecule has 3 N–H and O–H groups in total. The quantitative estimate of drug-likeness (QED) is 0.0552. The van der Waals surface area contributed by atoms with Crippen LogP contribution in [0.3, 0.4) is 0 Å². The highest BCUT2D eigenvalue weighted by atomic mass is 32.2. The third-order valence-electron chi connectivity index (χ3n) is 11.1. The van der Waals surface area contributed by atoms with Crippen LogP contribution in [0, 0.1) is 15.5 Å². The molecule has 1 aliphatic heterocycles. The normalized spacial score (nSPS) is 15.9. The van der Waals surface area contributed by atoms with Crippen LogP contribution in [0.15, 0.2) is 95.7 Å². The number of piperazine rings is 1. The third kappa shape index (κ3) is 10.6. The number of benzene rings is 3. The van der Waals surface area contributed by atoms with Gasteiger partial charge in [0.1, 0.15) is 29.4 Å². The number of carbonyl (C=O) groups is 2. The molecule has 332 valence electrons. The van der Waals surface area contributed by atoms with Crippen LogP contribution in [0.25, 0.3) is 16.6 Å². The van der Waals surface area contributed by atoms with Crippen molar-refractivity contribution in [2.24, 2.45) is 5.41 Å². The van der Waals surface area contributed by atoms with Crippen molar-refractivity contribution < 1.29 is 45.6 Å². The number of amides is 1. The maximum Gasteiger partial charge on any atom is 0.416 e. The summed E-state index contributed by atoms with van der Waals surface area (Å²) in [5, 5.41) is 15.2. The molecule has 7 rings (SSSR count). The van der Waals surface area contributed by atoms with Gasteiger partial charge in [-0.2, -0.15) is 13.2 Å². The van der Waals surface area contributed by atoms with Crippen molar-refractivity contribution in [2.45, 2.75) is 51.1 Å². The van der Waals surface area contributed by atoms with Gasteiger partial charge in [0.25, 0.3) is 21.6 Å². The van der Waals surface area contributed by atoms with Gasteiger partial charge in [-0.25, -0.2) is 18.1 Å². The number of carbonyl (C=O) groups excluding carboxylic acids is 2. The number of esters is 1. The van der Waals surface area contributed by atoms with Crippen molar-refractivity contribution >= 4 is 55.6 Å². The van der Waals surface area contributed by atoms with Gasteiger partial charge in [-0.1, -0.05) is 31.6 Å². The fourth-order valence-electron chi connectivity index (χ4n) is 7.78. The van der Waals surface area contributed by atoms with E-state index < -0.39 is 55.7 Å². The van der Waals surface area contributed by atoms with E-state index in [1.165, 1.54) is 17.8 Å². The standard InChI is InChI=1S/C44H46F3N7O8S/c1-4-61-40(55)26-49-37-12-10-34(23-38(37)54(57)58)63(59,60)51-42(56)35-11-9-32(22-39(35)62-33-21-29-14-16-48-41(29)50-25-33)53-19-17-52(18-20-53)27-30-13-15-43(2,3)24-36(30)28-5-7-31(8-6-28)44(45,46)47/h5-12,14,16,21-23,25,49H,4,13,15,17-20,24,26-27H2,1-3H3,(H,48,50)(H,51,56). The van der Waals surface area contributed by atoms with Crippen LogP contribution < -0.4 is 19.7 Å². The minimum Gasteiger partial charge on any atom is -0.465 e. The summed E-state index contributed by atoms with van der Waals surface area (Å²) in [7, 11) is -4.68. The van der Waals surface area contributed by atoms with Gasteiger partial charge in [-0.05, 0) is 91.3 Å². The van der Waals surface area contributed by atoms with Crippen LogP contribution in [0.1, 0.15) is 61.5 Å². The van der Waals surface area contributed by atoms with Crippen molar-refractivity contribution in [3.8, 4) is 11.5 Å². The van der Waals surface area contributed by atoms with Crippen LogP contribution >= 0.6 is 0 Å². The fourth-order valence-corrected chi connectivity index (χ4v) is 8.77. The number of H-pyrrole nitrogens is 1. The Hall–Kier alpha value is -6.47. The number of hydrogen-bond donors (Lipinski definition) is 3. The Bertz CT molecular complexity index is 2680. The van der Waals surface area contributed by atoms with Crippen LogP contribution in [0.5, 0.6) is 11.5 Å². The first kappa shape index (κ1) is 44.6. The molecule has 0 radical (unpaired) electrons. The summed E-state index contributed by atoms with van der Waals surface area (Å²) in [6, 6.07) is 16.7. The Morgan fingerprint density at radius 3 is 2.44 bits per heavy atom. The molecule has 0 bridgehead atoms. The molecule has 0 saturated carbocycles. The van der Waals surface area contributed by atoms with E-state index in [-0.39, 0.29) is 34.8 Å². The summed E-state index contributed by atoms with van der Waals surface area (Å²) >= 11 is 0. The van der Waals surface area contributed by atoms with Gasteiger partial charge in [0.2, 0.25) is 0 Å². The molecule has 0 atom stereocenters. The van der Waals surface area contributed by atoms with E-state index in [1.807, 2.05) is 4.72 Å². The van der Waals surface area contributed by atoms with Crippen molar-refractivity contribution in [3.05, 3.63) is 118 Å². The second-order valence-corrected chi connectivity index (χ2v) is 17.8. The van der Waals surface area contributed by atoms with E-state index in [2.05, 4.69) is 38.9 Å². The monoisotopic (exact) mass is 889 g/mol. The molecule has 0 unspecified atom stereocenters. The molecule has 1 fully saturated rings. The second kappa shape index (κ2) is 18.1. The molecule has 2 aliphatic rings. The number of nitro benzene ring substituents is 1. The topological polar surface area (TPSA) is 189 Å². The molecule has 1 aliphatic carbocycles. The Morgan fingerprint density at radius 1 is 1.00 bits per heavy atom. The summed E-state index contributed by atoms with van der Waals surface area (Å²) < 4.78 is 80.2. The van der Waals surface area contributed by atoms with Crippen LogP contribution in [-0.2, 0) is 25.7 Å². The Labute approximate surface area is 361 Å². The first-order valence-electron chi connectivity index (χ1n) is 20.2. The summed E-state index contributed by atoms with van der Waals surface area (Å²) in [5.74, 6) is -1.43. The molecule has 3 aromatic carbocycles. The van der Waals surface area contributed by atoms with Gasteiger partial charge < -0.3 is 24.7 Å². The molecule has 15 nitrogen and oxygen atoms in total. The molecular weight excluding hydrogens is 844 g/mol. The number of sulfonamides is 1. The van der Waals surface area contributed by atoms with E-state index in [0.717, 1.165) is 66.1 Å². The number of fused-ring (bicyclic) bond motifs is 1. The second-order valence-electron chi connectivity index (χ2n) is 16.2. The lowest BCUT2D eigenvalue weighted by Gasteiger charge is -2.39. The van der Waals surface area contributed by atoms with Gasteiger partial charge in [-0.3, -0.25) is 24.6 Å². The van der Waals surface area contributed by atoms with Crippen molar-refractivity contribution in [1.82, 2.24) is 19.6 Å². The number of allylic oxidation sites excluding steroid dienone is 1. The average Bonchev–Trinajstić information content (AvgIpc) is 3.71. The van der Waals surface area contributed by atoms with Crippen molar-refractivity contribution in [2.75, 3.05) is 56.1 Å². The maximum atomic E-state index is 13.8. The van der Waals surface area contributed by atoms with E-state index >= 15 is 0 Å². The highest BCUT2D eigenvalue weighted by molar-refractivity contribution is 7.90. The number of nitro groups is 1. The minimum absolute atomic E-state index is 0.00809. The minimum atomic E-state index is -4.68. The van der Waals surface area contributed by atoms with Crippen molar-refractivity contribution in [3.63, 3.8) is 0 Å². The molecule has 2 aromatic heterocycles. The summed E-state index contributed by atoms with van der Waals surface area (Å²) in [6.45, 7) is 8.85. The molecule has 63 heavy (non-hydrogen) atoms. The fraction of sp³-hybridized carbons (Fsp3) is 0.341. The predicted molar refractivity (Wildman–Crippen MR) is 230 cm³/mol. The number of aromatic nitrogens is 2. The van der Waals surface area contributed by atoms with E-state index in [4.69, 9.17) is 9.47 Å². The number of pyridine rings is 1. The lowest BCUT2D eigenvalue weighted by Crippen LogP contribution is -2.47. The SMILES string of the molecule is CCOC(=O)CNc1ccc(S(=O)(=O)NC(=O)c2ccc(N3CCN(CC4=C(c5ccc(C(F)(F)F)cc5)CC(C)(C)CC4)CC3)cc2Oc2cnc3[nH]ccc3c2)cc1[N+](=O)[O-]. The van der Waals surface area contributed by atoms with Crippen LogP contribution in [0.4, 0.5) is 30.2 Å². The largest absolute Gasteiger partial charge is 0.465 e. The molecule has 1 saturated heterocycles. The summed E-state index contributed by atoms with van der Waals surface area (Å²) in [6.07, 6.45) is 1.31. The predicted octanol–water partition coefficient (Wildman–Crippen LogP) is 8.16. The van der Waals surface area contributed by atoms with E-state index in [0.29, 0.717) is 44.1 Å². The number of anilines is 2. The zero-order valence-corrected chi connectivity index (χ0v) is 35.6. The van der Waals surface area contributed by atoms with Gasteiger partial charge in [0.05, 0.1) is 33.7 Å². The van der Waals surface area contributed by atoms with Crippen LogP contribution in [0.2, 0.25) is 0 Å². The lowest BCUT2D eigenvalue weighted by molar-refractivity contribution is -0.384. The Kier molecular flexibility index (Phi) is 12.8. The lowest BCUT2D eigenvalue weighted by atomic mass is 9.72. The number of nitrogens with one attached hydrogen (secondary N) is 3. The third-order valence-corrected chi connectivity index (χ3v) is 12.5. The van der Waals surface area contributed by atoms with Crippen LogP contribution in [-0.4, -0.2) is 86.0 Å². The Morgan fingerprint density at radius 2 is 1.75 bits per heavy atom. The maximum absolute atomic E-state index is 13.8. The summed E-state index contributed by atoms with van der Waals surface area (Å²) in [5.41, 5.74) is 2.83. The number of alkyl halides is 3. The smallest absolute Gasteiger partial charge is 0.416 e. The summed E-state index contributed by atoms with van der Waals surface area (Å²) in [4.78, 5) is 47.9. The number of ether oxygens (including phenoxy) is 2. The number of nitrogens with zero attached hydrogens (tertiary/aromatic N) is 4. The molecular formula is C44H46F3N7O8S. The number of rotatable bonds is 14. The van der Waals surface area contributed by atoms with Crippen molar-refractivity contribution in [1.29, 1.82) is 0 Å². The van der Waals surface area contributed by atoms with E-state index in [1.54, 1.807) is 49.5 Å². The van der Waals surface area contributed by atoms with Gasteiger partial charge in [0, 0.05) is 62.1 Å². The number of hydrogen-bond acceptors (Lipinski definition) is 12. The van der Waals surface area contributed by atoms with Gasteiger partial charge in [-0.15, -0.1) is 0 Å². The highest BCUT2D eigenvalue weighted by Crippen LogP contribution is 2.44. The zero-order chi connectivity index (χ0) is 45.1. The first-order chi connectivity index (χ1) is 29.9. The zero-order valence-electron chi connectivity index (χ0n) is 34.8. The molecule has 0 spiro atoms. The molecule has 3 heterocycles. The average molecular weight is 890 g/mol. The Balaban J connectivity index is 1.10. The number of halogens is 3. The van der Waals surface area contributed by atoms with Gasteiger partial charge >= 0.3 is 12.1 Å². The molecule has 1 amide bonds. The number of aromatic amines is 1. The van der Waals surface area contributed by atoms with E-state index in [9.17, 15) is 41.3 Å². The first-order valence-corrected chi connectivity index (χ1v) is 21.7.